The molecular formula is C28H32N4O4. The molecule has 5 heterocycles. The van der Waals surface area contributed by atoms with Gasteiger partial charge in [0.2, 0.25) is 5.91 Å². The zero-order chi connectivity index (χ0) is 25.0. The van der Waals surface area contributed by atoms with E-state index in [1.807, 2.05) is 32.0 Å². The van der Waals surface area contributed by atoms with Gasteiger partial charge < -0.3 is 20.5 Å². The molecule has 3 N–H and O–H groups in total. The molecule has 6 bridgehead atoms. The van der Waals surface area contributed by atoms with Gasteiger partial charge in [-0.25, -0.2) is 4.99 Å². The number of nitrogens with one attached hydrogen (secondary N) is 1. The number of hydrogen-bond donors (Lipinski definition) is 2. The summed E-state index contributed by atoms with van der Waals surface area (Å²) in [6, 6.07) is 11.0. The molecule has 8 heteroatoms. The fourth-order valence-corrected chi connectivity index (χ4v) is 5.97. The van der Waals surface area contributed by atoms with Gasteiger partial charge in [0.05, 0.1) is 24.7 Å². The maximum atomic E-state index is 13.5. The minimum Gasteiger partial charge on any atom is -0.493 e. The first kappa shape index (κ1) is 22.9. The van der Waals surface area contributed by atoms with Crippen molar-refractivity contribution in [2.75, 3.05) is 6.61 Å². The van der Waals surface area contributed by atoms with Gasteiger partial charge in [0.25, 0.3) is 5.91 Å². The minimum absolute atomic E-state index is 0.0218. The number of carbonyl (C=O) groups is 2. The second kappa shape index (κ2) is 8.54. The monoisotopic (exact) mass is 488 g/mol. The van der Waals surface area contributed by atoms with E-state index in [4.69, 9.17) is 20.2 Å². The van der Waals surface area contributed by atoms with Crippen LogP contribution >= 0.6 is 0 Å². The summed E-state index contributed by atoms with van der Waals surface area (Å²) in [6.45, 7) is 4.46. The summed E-state index contributed by atoms with van der Waals surface area (Å²) in [7, 11) is 0. The van der Waals surface area contributed by atoms with Crippen molar-refractivity contribution in [1.82, 2.24) is 10.2 Å². The van der Waals surface area contributed by atoms with Gasteiger partial charge in [-0.15, -0.1) is 0 Å². The minimum atomic E-state index is -0.584. The highest BCUT2D eigenvalue weighted by atomic mass is 16.5. The first-order valence-corrected chi connectivity index (χ1v) is 12.8. The highest BCUT2D eigenvalue weighted by molar-refractivity contribution is 5.99. The second-order valence-corrected chi connectivity index (χ2v) is 10.7. The Morgan fingerprint density at radius 3 is 2.72 bits per heavy atom. The molecule has 0 radical (unpaired) electrons. The second-order valence-electron chi connectivity index (χ2n) is 10.7. The summed E-state index contributed by atoms with van der Waals surface area (Å²) in [5, 5.41) is 3.22. The third-order valence-electron chi connectivity index (χ3n) is 7.81. The van der Waals surface area contributed by atoms with Crippen LogP contribution in [0.15, 0.2) is 41.4 Å². The Labute approximate surface area is 210 Å². The van der Waals surface area contributed by atoms with Gasteiger partial charge in [0.15, 0.2) is 5.96 Å². The third kappa shape index (κ3) is 3.88. The van der Waals surface area contributed by atoms with Crippen LogP contribution in [0.25, 0.3) is 0 Å². The van der Waals surface area contributed by atoms with Gasteiger partial charge >= 0.3 is 0 Å². The van der Waals surface area contributed by atoms with E-state index in [0.29, 0.717) is 30.8 Å². The Balaban J connectivity index is 1.42. The molecule has 5 aliphatic heterocycles. The number of nitrogens with zero attached hydrogens (tertiary/aromatic N) is 2. The number of aryl methyl sites for hydroxylation is 1. The normalized spacial score (nSPS) is 26.8. The Morgan fingerprint density at radius 2 is 1.89 bits per heavy atom. The van der Waals surface area contributed by atoms with Crippen molar-refractivity contribution in [2.24, 2.45) is 10.7 Å². The number of ether oxygens (including phenoxy) is 2. The molecule has 2 amide bonds. The first-order chi connectivity index (χ1) is 17.3. The molecule has 36 heavy (non-hydrogen) atoms. The van der Waals surface area contributed by atoms with Gasteiger partial charge in [-0.05, 0) is 69.0 Å². The summed E-state index contributed by atoms with van der Waals surface area (Å²) in [4.78, 5) is 33.1. The van der Waals surface area contributed by atoms with E-state index in [0.717, 1.165) is 42.6 Å². The molecule has 0 saturated heterocycles. The Morgan fingerprint density at radius 1 is 1.06 bits per heavy atom. The number of guanidine groups is 1. The number of carbonyl (C=O) groups excluding carboxylic acids is 2. The molecule has 188 valence electrons. The van der Waals surface area contributed by atoms with E-state index in [2.05, 4.69) is 17.4 Å². The first-order valence-electron chi connectivity index (χ1n) is 12.8. The van der Waals surface area contributed by atoms with Crippen molar-refractivity contribution in [2.45, 2.75) is 76.1 Å². The molecule has 8 nitrogen and oxygen atoms in total. The molecule has 0 saturated carbocycles. The highest BCUT2D eigenvalue weighted by Crippen LogP contribution is 2.44. The lowest BCUT2D eigenvalue weighted by Gasteiger charge is -2.38. The van der Waals surface area contributed by atoms with Gasteiger partial charge in [-0.1, -0.05) is 12.5 Å². The van der Waals surface area contributed by atoms with Crippen molar-refractivity contribution in [1.29, 1.82) is 0 Å². The van der Waals surface area contributed by atoms with Gasteiger partial charge in [0.1, 0.15) is 17.1 Å². The van der Waals surface area contributed by atoms with Crippen LogP contribution in [0.1, 0.15) is 85.1 Å². The number of hydrogen-bond acceptors (Lipinski definition) is 6. The van der Waals surface area contributed by atoms with Crippen molar-refractivity contribution >= 4 is 17.8 Å². The average Bonchev–Trinajstić information content (AvgIpc) is 3.09. The largest absolute Gasteiger partial charge is 0.493 e. The van der Waals surface area contributed by atoms with Crippen molar-refractivity contribution in [3.8, 4) is 11.5 Å². The van der Waals surface area contributed by atoms with Crippen LogP contribution in [0.4, 0.5) is 0 Å². The zero-order valence-corrected chi connectivity index (χ0v) is 20.8. The molecular weight excluding hydrogens is 456 g/mol. The molecule has 2 aromatic rings. The molecule has 0 spiro atoms. The van der Waals surface area contributed by atoms with Crippen LogP contribution in [0.5, 0.6) is 11.5 Å². The summed E-state index contributed by atoms with van der Waals surface area (Å²) in [5.41, 5.74) is 9.29. The van der Waals surface area contributed by atoms with Crippen LogP contribution in [0.2, 0.25) is 0 Å². The zero-order valence-electron chi connectivity index (χ0n) is 20.8. The van der Waals surface area contributed by atoms with Gasteiger partial charge in [0, 0.05) is 29.5 Å². The number of aliphatic imine (C=N–C) groups is 1. The molecule has 2 aromatic carbocycles. The topological polar surface area (TPSA) is 106 Å². The molecule has 0 aromatic heterocycles. The number of fused-ring (bicyclic) bond motifs is 5. The van der Waals surface area contributed by atoms with E-state index in [1.54, 1.807) is 11.0 Å². The molecule has 2 unspecified atom stereocenters. The Kier molecular flexibility index (Phi) is 5.43. The van der Waals surface area contributed by atoms with Crippen molar-refractivity contribution < 1.29 is 19.1 Å². The Hall–Kier alpha value is -3.55. The van der Waals surface area contributed by atoms with Crippen LogP contribution < -0.4 is 20.5 Å². The summed E-state index contributed by atoms with van der Waals surface area (Å²) in [5.74, 6) is 1.52. The van der Waals surface area contributed by atoms with E-state index in [-0.39, 0.29) is 35.9 Å². The fraction of sp³-hybridized carbons (Fsp3) is 0.464. The van der Waals surface area contributed by atoms with E-state index >= 15 is 0 Å². The molecule has 3 atom stereocenters. The van der Waals surface area contributed by atoms with E-state index in [1.165, 1.54) is 5.56 Å². The number of rotatable bonds is 0. The predicted molar refractivity (Wildman–Crippen MR) is 135 cm³/mol. The lowest BCUT2D eigenvalue weighted by molar-refractivity contribution is -0.130. The summed E-state index contributed by atoms with van der Waals surface area (Å²) >= 11 is 0. The van der Waals surface area contributed by atoms with E-state index < -0.39 is 5.60 Å². The SMILES string of the molecule is CC1(C)Oc2ccc3cc2C1NC(=O)c1ccc2c(c1)[C@@H](CCO2)N1C(=O)CC(CCCC3)N=C1N. The van der Waals surface area contributed by atoms with Gasteiger partial charge in [-0.3, -0.25) is 14.5 Å². The molecule has 0 fully saturated rings. The summed E-state index contributed by atoms with van der Waals surface area (Å²) < 4.78 is 12.1. The van der Waals surface area contributed by atoms with Crippen molar-refractivity contribution in [3.05, 3.63) is 58.7 Å². The van der Waals surface area contributed by atoms with Crippen LogP contribution in [0, 0.1) is 0 Å². The lowest BCUT2D eigenvalue weighted by atomic mass is 9.91. The Bertz CT molecular complexity index is 1270. The number of benzene rings is 2. The van der Waals surface area contributed by atoms with Crippen LogP contribution in [-0.2, 0) is 11.2 Å². The number of nitrogens with two attached hydrogens (primary N) is 1. The quantitative estimate of drug-likeness (QED) is 0.587. The highest BCUT2D eigenvalue weighted by Gasteiger charge is 2.43. The van der Waals surface area contributed by atoms with Crippen LogP contribution in [0.3, 0.4) is 0 Å². The predicted octanol–water partition coefficient (Wildman–Crippen LogP) is 3.79. The maximum Gasteiger partial charge on any atom is 0.251 e. The lowest BCUT2D eigenvalue weighted by Crippen LogP contribution is -2.50. The van der Waals surface area contributed by atoms with Crippen molar-refractivity contribution in [3.63, 3.8) is 0 Å². The van der Waals surface area contributed by atoms with Gasteiger partial charge in [-0.2, -0.15) is 0 Å². The molecule has 7 rings (SSSR count). The van der Waals surface area contributed by atoms with Crippen LogP contribution in [-0.4, -0.2) is 40.9 Å². The average molecular weight is 489 g/mol. The van der Waals surface area contributed by atoms with E-state index in [9.17, 15) is 9.59 Å². The number of amides is 2. The smallest absolute Gasteiger partial charge is 0.251 e. The molecule has 5 aliphatic rings. The standard InChI is InChI=1S/C28H32N4O4/c1-28(2)25-20-13-16(7-9-23(20)36-28)5-3-4-6-18-15-24(33)32(27(29)30-18)21-11-12-35-22-10-8-17(14-19(21)22)26(34)31-25/h7-10,13-14,18,21,25H,3-6,11-12,15H2,1-2H3,(H2,29,30)(H,31,34)/t18?,21-,25?/m1/s1. The summed E-state index contributed by atoms with van der Waals surface area (Å²) in [6.07, 6.45) is 4.61. The third-order valence-corrected chi connectivity index (χ3v) is 7.81. The maximum absolute atomic E-state index is 13.5. The fourth-order valence-electron chi connectivity index (χ4n) is 5.97. The molecule has 0 aliphatic carbocycles.